The third kappa shape index (κ3) is 5.47. The lowest BCUT2D eigenvalue weighted by Crippen LogP contribution is -2.10. The van der Waals surface area contributed by atoms with Crippen LogP contribution in [0.25, 0.3) is 22.9 Å². The highest BCUT2D eigenvalue weighted by molar-refractivity contribution is 5.63. The Morgan fingerprint density at radius 1 is 0.771 bits per heavy atom. The highest BCUT2D eigenvalue weighted by Gasteiger charge is 2.33. The zero-order chi connectivity index (χ0) is 25.4. The summed E-state index contributed by atoms with van der Waals surface area (Å²) in [4.78, 5) is 22.4. The van der Waals surface area contributed by atoms with Crippen molar-refractivity contribution in [2.24, 2.45) is 0 Å². The molecule has 0 atom stereocenters. The summed E-state index contributed by atoms with van der Waals surface area (Å²) < 4.78 is 92.9. The molecule has 0 amide bonds. The Labute approximate surface area is 192 Å². The van der Waals surface area contributed by atoms with Gasteiger partial charge in [0.15, 0.2) is 11.6 Å². The summed E-state index contributed by atoms with van der Waals surface area (Å²) in [5.74, 6) is -2.05. The largest absolute Gasteiger partial charge is 0.433 e. The van der Waals surface area contributed by atoms with Gasteiger partial charge in [0.1, 0.15) is 17.1 Å². The molecule has 0 aliphatic heterocycles. The molecule has 0 radical (unpaired) electrons. The van der Waals surface area contributed by atoms with Crippen molar-refractivity contribution in [1.29, 1.82) is 0 Å². The van der Waals surface area contributed by atoms with Crippen LogP contribution in [0.2, 0.25) is 0 Å². The summed E-state index contributed by atoms with van der Waals surface area (Å²) in [5.41, 5.74) is -2.55. The molecular formula is C21H12F7N7. The molecule has 0 aliphatic carbocycles. The maximum Gasteiger partial charge on any atom is 0.433 e. The monoisotopic (exact) mass is 495 g/mol. The van der Waals surface area contributed by atoms with Crippen molar-refractivity contribution >= 4 is 11.6 Å². The summed E-state index contributed by atoms with van der Waals surface area (Å²) >= 11 is 0. The first-order valence-corrected chi connectivity index (χ1v) is 9.63. The Hall–Kier alpha value is -4.23. The lowest BCUT2D eigenvalue weighted by Gasteiger charge is -2.12. The van der Waals surface area contributed by atoms with Crippen LogP contribution in [0.4, 0.5) is 42.4 Å². The van der Waals surface area contributed by atoms with E-state index in [2.05, 4.69) is 35.2 Å². The molecule has 0 saturated carbocycles. The first kappa shape index (κ1) is 23.9. The van der Waals surface area contributed by atoms with E-state index >= 15 is 0 Å². The highest BCUT2D eigenvalue weighted by atomic mass is 19.4. The van der Waals surface area contributed by atoms with Crippen molar-refractivity contribution in [2.45, 2.75) is 19.3 Å². The van der Waals surface area contributed by atoms with Crippen LogP contribution in [0.5, 0.6) is 0 Å². The topological polar surface area (TPSA) is 89.4 Å². The van der Waals surface area contributed by atoms with Gasteiger partial charge >= 0.3 is 12.4 Å². The van der Waals surface area contributed by atoms with Gasteiger partial charge in [-0.05, 0) is 42.8 Å². The van der Waals surface area contributed by atoms with Gasteiger partial charge in [-0.25, -0.2) is 15.0 Å². The quantitative estimate of drug-likeness (QED) is 0.290. The van der Waals surface area contributed by atoms with Gasteiger partial charge in [-0.3, -0.25) is 4.98 Å². The van der Waals surface area contributed by atoms with E-state index in [-0.39, 0.29) is 34.5 Å². The van der Waals surface area contributed by atoms with Crippen LogP contribution in [-0.2, 0) is 12.4 Å². The molecule has 7 nitrogen and oxygen atoms in total. The number of hydrogen-bond acceptors (Lipinski definition) is 7. The maximum atomic E-state index is 14.4. The number of alkyl halides is 6. The zero-order valence-corrected chi connectivity index (χ0v) is 17.4. The number of pyridine rings is 3. The number of nitrogens with one attached hydrogen (secondary N) is 1. The summed E-state index contributed by atoms with van der Waals surface area (Å²) in [6.07, 6.45) is -7.35. The fourth-order valence-electron chi connectivity index (χ4n) is 2.89. The first-order chi connectivity index (χ1) is 16.4. The zero-order valence-electron chi connectivity index (χ0n) is 17.4. The molecule has 180 valence electrons. The van der Waals surface area contributed by atoms with E-state index in [4.69, 9.17) is 0 Å². The summed E-state index contributed by atoms with van der Waals surface area (Å²) in [6.45, 7) is 1.61. The third-order valence-electron chi connectivity index (χ3n) is 4.43. The minimum absolute atomic E-state index is 0.129. The van der Waals surface area contributed by atoms with E-state index in [1.54, 1.807) is 6.92 Å². The van der Waals surface area contributed by atoms with Crippen molar-refractivity contribution in [3.05, 3.63) is 71.7 Å². The van der Waals surface area contributed by atoms with Crippen LogP contribution in [-0.4, -0.2) is 29.9 Å². The molecule has 0 fully saturated rings. The molecular weight excluding hydrogens is 483 g/mol. The molecule has 0 bridgehead atoms. The standard InChI is InChI=1S/C21H12F7N7/c1-10-7-12(16(22)30-9-10)17-33-18(13-3-2-4-14(32-13)20(23,24)25)35-19(34-17)31-11-5-6-29-15(8-11)21(26,27)28/h2-9H,1H3,(H,29,31,33,34,35). The third-order valence-corrected chi connectivity index (χ3v) is 4.43. The van der Waals surface area contributed by atoms with Crippen LogP contribution in [0.15, 0.2) is 48.8 Å². The number of rotatable bonds is 4. The van der Waals surface area contributed by atoms with Gasteiger partial charge in [-0.15, -0.1) is 0 Å². The van der Waals surface area contributed by atoms with E-state index in [0.717, 1.165) is 18.3 Å². The fourth-order valence-corrected chi connectivity index (χ4v) is 2.89. The average molecular weight is 495 g/mol. The molecule has 0 spiro atoms. The van der Waals surface area contributed by atoms with Gasteiger partial charge in [0, 0.05) is 18.1 Å². The second kappa shape index (κ2) is 8.85. The Morgan fingerprint density at radius 2 is 1.49 bits per heavy atom. The predicted octanol–water partition coefficient (Wildman–Crippen LogP) is 5.62. The molecule has 0 aliphatic rings. The fraction of sp³-hybridized carbons (Fsp3) is 0.143. The summed E-state index contributed by atoms with van der Waals surface area (Å²) in [5, 5.41) is 2.52. The van der Waals surface area contributed by atoms with Crippen LogP contribution in [0, 0.1) is 12.9 Å². The minimum Gasteiger partial charge on any atom is -0.324 e. The van der Waals surface area contributed by atoms with E-state index in [1.165, 1.54) is 24.4 Å². The molecule has 0 unspecified atom stereocenters. The summed E-state index contributed by atoms with van der Waals surface area (Å²) in [7, 11) is 0. The number of anilines is 2. The number of halogens is 7. The minimum atomic E-state index is -4.76. The second-order valence-corrected chi connectivity index (χ2v) is 7.12. The SMILES string of the molecule is Cc1cnc(F)c(-c2nc(Nc3ccnc(C(F)(F)F)c3)nc(-c3cccc(C(F)(F)F)n3)n2)c1. The highest BCUT2D eigenvalue weighted by Crippen LogP contribution is 2.31. The molecule has 4 aromatic rings. The molecule has 14 heteroatoms. The van der Waals surface area contributed by atoms with Gasteiger partial charge in [0.25, 0.3) is 0 Å². The Kier molecular flexibility index (Phi) is 6.05. The first-order valence-electron chi connectivity index (χ1n) is 9.63. The van der Waals surface area contributed by atoms with E-state index in [0.29, 0.717) is 11.6 Å². The van der Waals surface area contributed by atoms with E-state index in [1.807, 2.05) is 0 Å². The Balaban J connectivity index is 1.85. The van der Waals surface area contributed by atoms with Gasteiger partial charge < -0.3 is 5.32 Å². The number of nitrogens with zero attached hydrogens (tertiary/aromatic N) is 6. The van der Waals surface area contributed by atoms with Crippen LogP contribution >= 0.6 is 0 Å². The van der Waals surface area contributed by atoms with Crippen LogP contribution < -0.4 is 5.32 Å². The molecule has 4 rings (SSSR count). The van der Waals surface area contributed by atoms with E-state index < -0.39 is 29.7 Å². The van der Waals surface area contributed by atoms with Gasteiger partial charge in [0.2, 0.25) is 11.9 Å². The normalized spacial score (nSPS) is 12.0. The van der Waals surface area contributed by atoms with Crippen molar-refractivity contribution in [3.8, 4) is 22.9 Å². The van der Waals surface area contributed by atoms with Crippen molar-refractivity contribution < 1.29 is 30.7 Å². The smallest absolute Gasteiger partial charge is 0.324 e. The molecule has 0 saturated heterocycles. The number of aryl methyl sites for hydroxylation is 1. The second-order valence-electron chi connectivity index (χ2n) is 7.12. The van der Waals surface area contributed by atoms with Gasteiger partial charge in [-0.2, -0.15) is 40.7 Å². The molecule has 0 aromatic carbocycles. The van der Waals surface area contributed by atoms with Gasteiger partial charge in [-0.1, -0.05) is 6.07 Å². The number of aromatic nitrogens is 6. The Bertz CT molecular complexity index is 1390. The maximum absolute atomic E-state index is 14.4. The average Bonchev–Trinajstić information content (AvgIpc) is 2.79. The lowest BCUT2D eigenvalue weighted by molar-refractivity contribution is -0.141. The van der Waals surface area contributed by atoms with Crippen molar-refractivity contribution in [2.75, 3.05) is 5.32 Å². The van der Waals surface area contributed by atoms with E-state index in [9.17, 15) is 30.7 Å². The van der Waals surface area contributed by atoms with Crippen LogP contribution in [0.1, 0.15) is 17.0 Å². The van der Waals surface area contributed by atoms with Gasteiger partial charge in [0.05, 0.1) is 5.56 Å². The number of hydrogen-bond donors (Lipinski definition) is 1. The van der Waals surface area contributed by atoms with Crippen LogP contribution in [0.3, 0.4) is 0 Å². The van der Waals surface area contributed by atoms with Crippen molar-refractivity contribution in [3.63, 3.8) is 0 Å². The molecule has 35 heavy (non-hydrogen) atoms. The molecule has 1 N–H and O–H groups in total. The molecule has 4 heterocycles. The summed E-state index contributed by atoms with van der Waals surface area (Å²) in [6, 6.07) is 6.23. The molecule has 4 aromatic heterocycles. The predicted molar refractivity (Wildman–Crippen MR) is 109 cm³/mol. The Morgan fingerprint density at radius 3 is 2.20 bits per heavy atom. The lowest BCUT2D eigenvalue weighted by atomic mass is 10.2. The van der Waals surface area contributed by atoms with Crippen molar-refractivity contribution in [1.82, 2.24) is 29.9 Å².